The van der Waals surface area contributed by atoms with Crippen molar-refractivity contribution >= 4 is 5.78 Å². The predicted molar refractivity (Wildman–Crippen MR) is 50.8 cm³/mol. The summed E-state index contributed by atoms with van der Waals surface area (Å²) < 4.78 is 0. The molecule has 0 aliphatic rings. The fraction of sp³-hybridized carbons (Fsp3) is 0.500. The van der Waals surface area contributed by atoms with Gasteiger partial charge in [-0.25, -0.2) is 0 Å². The summed E-state index contributed by atoms with van der Waals surface area (Å²) >= 11 is 0. The summed E-state index contributed by atoms with van der Waals surface area (Å²) in [5.41, 5.74) is 0. The Hall–Kier alpha value is -1.07. The van der Waals surface area contributed by atoms with E-state index >= 15 is 0 Å². The second-order valence-electron chi connectivity index (χ2n) is 2.39. The highest BCUT2D eigenvalue weighted by Crippen LogP contribution is 1.87. The van der Waals surface area contributed by atoms with Crippen molar-refractivity contribution in [2.45, 2.75) is 19.8 Å². The Morgan fingerprint density at radius 1 is 1.67 bits per heavy atom. The molecule has 1 N–H and O–H groups in total. The number of carbonyl (C=O) groups excluding carboxylic acids is 1. The summed E-state index contributed by atoms with van der Waals surface area (Å²) in [6.07, 6.45) is 2.95. The molecule has 0 aromatic carbocycles. The van der Waals surface area contributed by atoms with Crippen LogP contribution in [0, 0.1) is 11.8 Å². The summed E-state index contributed by atoms with van der Waals surface area (Å²) in [5.74, 6) is 5.81. The molecule has 12 heavy (non-hydrogen) atoms. The maximum absolute atomic E-state index is 11.0. The van der Waals surface area contributed by atoms with Gasteiger partial charge in [0.05, 0.1) is 6.54 Å². The van der Waals surface area contributed by atoms with Gasteiger partial charge < -0.3 is 5.32 Å². The fourth-order valence-electron chi connectivity index (χ4n) is 0.729. The number of hydrogen-bond donors (Lipinski definition) is 1. The first-order valence-corrected chi connectivity index (χ1v) is 4.04. The van der Waals surface area contributed by atoms with Crippen molar-refractivity contribution in [3.8, 4) is 11.8 Å². The van der Waals surface area contributed by atoms with Gasteiger partial charge >= 0.3 is 0 Å². The summed E-state index contributed by atoms with van der Waals surface area (Å²) in [6.45, 7) is 6.43. The van der Waals surface area contributed by atoms with Crippen LogP contribution in [0.3, 0.4) is 0 Å². The standard InChI is InChI=1S/C10H15NO/c1-3-5-6-7-10(12)9-11-8-4-2/h4,11H,2,6-9H2,1H3. The van der Waals surface area contributed by atoms with Crippen LogP contribution in [0.1, 0.15) is 19.8 Å². The average molecular weight is 165 g/mol. The molecule has 0 rings (SSSR count). The molecule has 66 valence electrons. The number of rotatable bonds is 6. The molecule has 0 aromatic rings. The molecule has 0 bridgehead atoms. The highest BCUT2D eigenvalue weighted by Gasteiger charge is 1.97. The molecule has 2 heteroatoms. The van der Waals surface area contributed by atoms with Gasteiger partial charge in [-0.15, -0.1) is 18.4 Å². The van der Waals surface area contributed by atoms with Gasteiger partial charge in [0.15, 0.2) is 0 Å². The first kappa shape index (κ1) is 10.9. The third kappa shape index (κ3) is 7.04. The molecule has 0 aromatic heterocycles. The largest absolute Gasteiger partial charge is 0.307 e. The minimum Gasteiger partial charge on any atom is -0.307 e. The van der Waals surface area contributed by atoms with E-state index < -0.39 is 0 Å². The van der Waals surface area contributed by atoms with Gasteiger partial charge in [0.2, 0.25) is 0 Å². The first-order chi connectivity index (χ1) is 5.81. The van der Waals surface area contributed by atoms with E-state index in [1.54, 1.807) is 13.0 Å². The third-order valence-corrected chi connectivity index (χ3v) is 1.32. The zero-order valence-corrected chi connectivity index (χ0v) is 7.52. The molecular formula is C10H15NO. The molecule has 0 spiro atoms. The highest BCUT2D eigenvalue weighted by atomic mass is 16.1. The molecule has 0 heterocycles. The lowest BCUT2D eigenvalue weighted by Gasteiger charge is -1.97. The minimum absolute atomic E-state index is 0.208. The van der Waals surface area contributed by atoms with E-state index in [2.05, 4.69) is 23.7 Å². The SMILES string of the molecule is C=CCNCC(=O)CCC#CC. The molecule has 0 saturated heterocycles. The van der Waals surface area contributed by atoms with Crippen molar-refractivity contribution in [2.75, 3.05) is 13.1 Å². The monoisotopic (exact) mass is 165 g/mol. The van der Waals surface area contributed by atoms with Gasteiger partial charge in [0.1, 0.15) is 5.78 Å². The molecule has 0 unspecified atom stereocenters. The number of ketones is 1. The van der Waals surface area contributed by atoms with Gasteiger partial charge in [0.25, 0.3) is 0 Å². The Labute approximate surface area is 74.0 Å². The molecule has 0 amide bonds. The van der Waals surface area contributed by atoms with Crippen LogP contribution in [0.25, 0.3) is 0 Å². The molecule has 2 nitrogen and oxygen atoms in total. The normalized spacial score (nSPS) is 8.42. The van der Waals surface area contributed by atoms with Crippen molar-refractivity contribution in [3.63, 3.8) is 0 Å². The highest BCUT2D eigenvalue weighted by molar-refractivity contribution is 5.80. The van der Waals surface area contributed by atoms with E-state index in [0.29, 0.717) is 25.9 Å². The lowest BCUT2D eigenvalue weighted by molar-refractivity contribution is -0.118. The van der Waals surface area contributed by atoms with Crippen LogP contribution in [0.5, 0.6) is 0 Å². The molecule has 0 fully saturated rings. The van der Waals surface area contributed by atoms with E-state index in [-0.39, 0.29) is 5.78 Å². The van der Waals surface area contributed by atoms with Crippen LogP contribution in [0.15, 0.2) is 12.7 Å². The molecular weight excluding hydrogens is 150 g/mol. The summed E-state index contributed by atoms with van der Waals surface area (Å²) in [7, 11) is 0. The summed E-state index contributed by atoms with van der Waals surface area (Å²) in [4.78, 5) is 11.0. The van der Waals surface area contributed by atoms with Crippen molar-refractivity contribution in [1.29, 1.82) is 0 Å². The molecule has 0 aliphatic carbocycles. The van der Waals surface area contributed by atoms with E-state index in [0.717, 1.165) is 0 Å². The van der Waals surface area contributed by atoms with Crippen molar-refractivity contribution in [3.05, 3.63) is 12.7 Å². The van der Waals surface area contributed by atoms with Crippen LogP contribution in [0.4, 0.5) is 0 Å². The molecule has 0 atom stereocenters. The predicted octanol–water partition coefficient (Wildman–Crippen LogP) is 1.13. The Morgan fingerprint density at radius 2 is 2.42 bits per heavy atom. The van der Waals surface area contributed by atoms with Crippen molar-refractivity contribution in [1.82, 2.24) is 5.32 Å². The van der Waals surface area contributed by atoms with Gasteiger partial charge in [0, 0.05) is 19.4 Å². The lowest BCUT2D eigenvalue weighted by Crippen LogP contribution is -2.22. The van der Waals surface area contributed by atoms with Crippen LogP contribution in [-0.4, -0.2) is 18.9 Å². The third-order valence-electron chi connectivity index (χ3n) is 1.32. The molecule has 0 radical (unpaired) electrons. The Bertz CT molecular complexity index is 198. The maximum Gasteiger partial charge on any atom is 0.147 e. The Kier molecular flexibility index (Phi) is 7.31. The smallest absolute Gasteiger partial charge is 0.147 e. The second-order valence-corrected chi connectivity index (χ2v) is 2.39. The Balaban J connectivity index is 3.31. The molecule has 0 aliphatic heterocycles. The number of nitrogens with one attached hydrogen (secondary N) is 1. The van der Waals surface area contributed by atoms with Crippen LogP contribution >= 0.6 is 0 Å². The molecule has 0 saturated carbocycles. The average Bonchev–Trinajstić information content (AvgIpc) is 2.06. The van der Waals surface area contributed by atoms with Gasteiger partial charge in [-0.05, 0) is 6.92 Å². The minimum atomic E-state index is 0.208. The second kappa shape index (κ2) is 8.03. The first-order valence-electron chi connectivity index (χ1n) is 4.04. The van der Waals surface area contributed by atoms with Gasteiger partial charge in [-0.3, -0.25) is 4.79 Å². The maximum atomic E-state index is 11.0. The van der Waals surface area contributed by atoms with Gasteiger partial charge in [-0.1, -0.05) is 6.08 Å². The zero-order chi connectivity index (χ0) is 9.23. The van der Waals surface area contributed by atoms with Crippen LogP contribution < -0.4 is 5.32 Å². The van der Waals surface area contributed by atoms with Crippen molar-refractivity contribution in [2.24, 2.45) is 0 Å². The van der Waals surface area contributed by atoms with E-state index in [9.17, 15) is 4.79 Å². The summed E-state index contributed by atoms with van der Waals surface area (Å²) in [6, 6.07) is 0. The number of hydrogen-bond acceptors (Lipinski definition) is 2. The number of carbonyl (C=O) groups is 1. The summed E-state index contributed by atoms with van der Waals surface area (Å²) in [5, 5.41) is 2.95. The Morgan fingerprint density at radius 3 is 3.00 bits per heavy atom. The van der Waals surface area contributed by atoms with E-state index in [4.69, 9.17) is 0 Å². The topological polar surface area (TPSA) is 29.1 Å². The fourth-order valence-corrected chi connectivity index (χ4v) is 0.729. The van der Waals surface area contributed by atoms with Crippen molar-refractivity contribution < 1.29 is 4.79 Å². The van der Waals surface area contributed by atoms with Gasteiger partial charge in [-0.2, -0.15) is 0 Å². The van der Waals surface area contributed by atoms with E-state index in [1.165, 1.54) is 0 Å². The van der Waals surface area contributed by atoms with Crippen LogP contribution in [-0.2, 0) is 4.79 Å². The van der Waals surface area contributed by atoms with E-state index in [1.807, 2.05) is 0 Å². The zero-order valence-electron chi connectivity index (χ0n) is 7.52. The number of Topliss-reactive ketones (excluding diaryl/α,β-unsaturated/α-hetero) is 1. The van der Waals surface area contributed by atoms with Crippen LogP contribution in [0.2, 0.25) is 0 Å². The quantitative estimate of drug-likeness (QED) is 0.363. The lowest BCUT2D eigenvalue weighted by atomic mass is 10.2.